The first-order chi connectivity index (χ1) is 19.5. The van der Waals surface area contributed by atoms with Crippen LogP contribution < -0.4 is 14.8 Å². The second-order valence-corrected chi connectivity index (χ2v) is 9.67. The standard InChI is InChI=1S/C32H32N4O4/c1-4-33-32(37)30-29(24-17-34-35-18-24)31(40-36-30)26-15-25(21(2)3)27(38-19-22-11-7-5-8-12-22)16-28(26)39-20-23-13-9-6-10-14-23/h5-18,21H,4,19-20H2,1-3H3,(H,33,37)(H,34,35). The van der Waals surface area contributed by atoms with Gasteiger partial charge in [0.2, 0.25) is 0 Å². The van der Waals surface area contributed by atoms with Crippen molar-refractivity contribution in [3.05, 3.63) is 108 Å². The number of amides is 1. The average molecular weight is 537 g/mol. The maximum Gasteiger partial charge on any atom is 0.274 e. The first-order valence-corrected chi connectivity index (χ1v) is 13.3. The molecule has 0 saturated carbocycles. The summed E-state index contributed by atoms with van der Waals surface area (Å²) in [7, 11) is 0. The molecule has 3 aromatic carbocycles. The highest BCUT2D eigenvalue weighted by Gasteiger charge is 2.28. The van der Waals surface area contributed by atoms with Gasteiger partial charge in [-0.2, -0.15) is 5.10 Å². The van der Waals surface area contributed by atoms with Crippen LogP contribution in [0.1, 0.15) is 53.9 Å². The van der Waals surface area contributed by atoms with Crippen LogP contribution >= 0.6 is 0 Å². The Morgan fingerprint density at radius 1 is 0.950 bits per heavy atom. The Hall–Kier alpha value is -4.85. The second kappa shape index (κ2) is 12.3. The molecule has 2 N–H and O–H groups in total. The van der Waals surface area contributed by atoms with Crippen LogP contribution in [0.4, 0.5) is 0 Å². The Labute approximate surface area is 233 Å². The quantitative estimate of drug-likeness (QED) is 0.193. The van der Waals surface area contributed by atoms with Gasteiger partial charge in [-0.25, -0.2) is 0 Å². The molecule has 5 rings (SSSR count). The van der Waals surface area contributed by atoms with E-state index < -0.39 is 0 Å². The number of aromatic amines is 1. The molecule has 204 valence electrons. The summed E-state index contributed by atoms with van der Waals surface area (Å²) < 4.78 is 18.6. The van der Waals surface area contributed by atoms with E-state index in [1.54, 1.807) is 12.4 Å². The minimum Gasteiger partial charge on any atom is -0.488 e. The molecule has 0 spiro atoms. The number of nitrogens with one attached hydrogen (secondary N) is 2. The van der Waals surface area contributed by atoms with Crippen molar-refractivity contribution in [2.75, 3.05) is 6.54 Å². The number of nitrogens with zero attached hydrogens (tertiary/aromatic N) is 2. The van der Waals surface area contributed by atoms with Crippen LogP contribution in [0, 0.1) is 0 Å². The molecule has 8 nitrogen and oxygen atoms in total. The molecule has 0 radical (unpaired) electrons. The van der Waals surface area contributed by atoms with Crippen LogP contribution in [0.3, 0.4) is 0 Å². The van der Waals surface area contributed by atoms with E-state index in [-0.39, 0.29) is 17.5 Å². The number of H-pyrrole nitrogens is 1. The molecule has 0 atom stereocenters. The molecule has 2 heterocycles. The Kier molecular flexibility index (Phi) is 8.25. The van der Waals surface area contributed by atoms with E-state index in [0.717, 1.165) is 22.4 Å². The van der Waals surface area contributed by atoms with Crippen LogP contribution in [-0.2, 0) is 13.2 Å². The van der Waals surface area contributed by atoms with E-state index in [4.69, 9.17) is 14.0 Å². The van der Waals surface area contributed by atoms with Crippen LogP contribution in [0.2, 0.25) is 0 Å². The maximum atomic E-state index is 12.9. The predicted molar refractivity (Wildman–Crippen MR) is 153 cm³/mol. The summed E-state index contributed by atoms with van der Waals surface area (Å²) in [6.45, 7) is 7.29. The fourth-order valence-electron chi connectivity index (χ4n) is 4.45. The molecule has 0 aliphatic rings. The molecule has 5 aromatic rings. The lowest BCUT2D eigenvalue weighted by Crippen LogP contribution is -2.23. The van der Waals surface area contributed by atoms with Gasteiger partial charge in [0.1, 0.15) is 24.7 Å². The van der Waals surface area contributed by atoms with Gasteiger partial charge in [-0.15, -0.1) is 0 Å². The topological polar surface area (TPSA) is 102 Å². The molecule has 1 amide bonds. The van der Waals surface area contributed by atoms with Gasteiger partial charge in [0.25, 0.3) is 5.91 Å². The minimum atomic E-state index is -0.327. The molecule has 0 saturated heterocycles. The zero-order valence-electron chi connectivity index (χ0n) is 22.8. The van der Waals surface area contributed by atoms with Crippen LogP contribution in [0.5, 0.6) is 11.5 Å². The summed E-state index contributed by atoms with van der Waals surface area (Å²) in [6.07, 6.45) is 3.36. The first-order valence-electron chi connectivity index (χ1n) is 13.3. The molecule has 0 aliphatic carbocycles. The molecule has 40 heavy (non-hydrogen) atoms. The third-order valence-electron chi connectivity index (χ3n) is 6.48. The van der Waals surface area contributed by atoms with Gasteiger partial charge >= 0.3 is 0 Å². The minimum absolute atomic E-state index is 0.135. The van der Waals surface area contributed by atoms with Crippen molar-refractivity contribution in [2.45, 2.75) is 39.9 Å². The number of ether oxygens (including phenoxy) is 2. The van der Waals surface area contributed by atoms with Gasteiger partial charge in [-0.05, 0) is 35.6 Å². The number of aromatic nitrogens is 3. The number of carbonyl (C=O) groups is 1. The number of hydrogen-bond acceptors (Lipinski definition) is 6. The first kappa shape index (κ1) is 26.7. The number of hydrogen-bond donors (Lipinski definition) is 2. The molecule has 0 aliphatic heterocycles. The Morgan fingerprint density at radius 2 is 1.60 bits per heavy atom. The fourth-order valence-corrected chi connectivity index (χ4v) is 4.45. The highest BCUT2D eigenvalue weighted by Crippen LogP contribution is 2.44. The van der Waals surface area contributed by atoms with Gasteiger partial charge in [-0.3, -0.25) is 9.89 Å². The van der Waals surface area contributed by atoms with Crippen molar-refractivity contribution >= 4 is 5.91 Å². The molecule has 8 heteroatoms. The molecule has 0 unspecified atom stereocenters. The normalized spacial score (nSPS) is 11.0. The second-order valence-electron chi connectivity index (χ2n) is 9.67. The summed E-state index contributed by atoms with van der Waals surface area (Å²) in [4.78, 5) is 12.9. The molecule has 0 bridgehead atoms. The van der Waals surface area contributed by atoms with E-state index in [1.165, 1.54) is 0 Å². The number of benzene rings is 3. The lowest BCUT2D eigenvalue weighted by Gasteiger charge is -2.19. The predicted octanol–water partition coefficient (Wildman–Crippen LogP) is 6.76. The summed E-state index contributed by atoms with van der Waals surface area (Å²) >= 11 is 0. The van der Waals surface area contributed by atoms with Crippen molar-refractivity contribution in [1.29, 1.82) is 0 Å². The SMILES string of the molecule is CCNC(=O)c1noc(-c2cc(C(C)C)c(OCc3ccccc3)cc2OCc2ccccc2)c1-c1cn[nH]c1. The highest BCUT2D eigenvalue weighted by atomic mass is 16.5. The summed E-state index contributed by atoms with van der Waals surface area (Å²) in [5, 5.41) is 13.9. The third kappa shape index (κ3) is 5.91. The molecular weight excluding hydrogens is 504 g/mol. The largest absolute Gasteiger partial charge is 0.488 e. The van der Waals surface area contributed by atoms with E-state index in [0.29, 0.717) is 48.0 Å². The monoisotopic (exact) mass is 536 g/mol. The van der Waals surface area contributed by atoms with Crippen LogP contribution in [0.15, 0.2) is 89.7 Å². The lowest BCUT2D eigenvalue weighted by molar-refractivity contribution is 0.0947. The molecular formula is C32H32N4O4. The number of carbonyl (C=O) groups excluding carboxylic acids is 1. The van der Waals surface area contributed by atoms with Gasteiger partial charge in [0, 0.05) is 24.4 Å². The molecule has 0 fully saturated rings. The van der Waals surface area contributed by atoms with Crippen molar-refractivity contribution in [3.63, 3.8) is 0 Å². The van der Waals surface area contributed by atoms with E-state index in [1.807, 2.05) is 79.7 Å². The zero-order valence-corrected chi connectivity index (χ0v) is 22.8. The summed E-state index contributed by atoms with van der Waals surface area (Å²) in [5.41, 5.74) is 5.14. The van der Waals surface area contributed by atoms with E-state index >= 15 is 0 Å². The van der Waals surface area contributed by atoms with Crippen molar-refractivity contribution in [1.82, 2.24) is 20.7 Å². The van der Waals surface area contributed by atoms with Gasteiger partial charge in [0.15, 0.2) is 11.5 Å². The summed E-state index contributed by atoms with van der Waals surface area (Å²) in [5.74, 6) is 1.50. The Balaban J connectivity index is 1.63. The highest BCUT2D eigenvalue weighted by molar-refractivity contribution is 6.02. The van der Waals surface area contributed by atoms with Crippen LogP contribution in [0.25, 0.3) is 22.5 Å². The molecule has 2 aromatic heterocycles. The van der Waals surface area contributed by atoms with Crippen molar-refractivity contribution < 1.29 is 18.8 Å². The van der Waals surface area contributed by atoms with E-state index in [2.05, 4.69) is 34.5 Å². The lowest BCUT2D eigenvalue weighted by atomic mass is 9.95. The third-order valence-corrected chi connectivity index (χ3v) is 6.48. The smallest absolute Gasteiger partial charge is 0.274 e. The van der Waals surface area contributed by atoms with Gasteiger partial charge < -0.3 is 19.3 Å². The van der Waals surface area contributed by atoms with Crippen LogP contribution in [-0.4, -0.2) is 27.8 Å². The van der Waals surface area contributed by atoms with Crippen molar-refractivity contribution in [3.8, 4) is 33.9 Å². The Bertz CT molecular complexity index is 1550. The van der Waals surface area contributed by atoms with Gasteiger partial charge in [0.05, 0.1) is 17.3 Å². The van der Waals surface area contributed by atoms with E-state index in [9.17, 15) is 4.79 Å². The van der Waals surface area contributed by atoms with Crippen molar-refractivity contribution in [2.24, 2.45) is 0 Å². The summed E-state index contributed by atoms with van der Waals surface area (Å²) in [6, 6.07) is 23.9. The zero-order chi connectivity index (χ0) is 27.9. The Morgan fingerprint density at radius 3 is 2.17 bits per heavy atom. The number of rotatable bonds is 11. The maximum absolute atomic E-state index is 12.9. The average Bonchev–Trinajstić information content (AvgIpc) is 3.66. The van der Waals surface area contributed by atoms with Gasteiger partial charge in [-0.1, -0.05) is 79.7 Å². The fraction of sp³-hybridized carbons (Fsp3) is 0.219.